The zero-order chi connectivity index (χ0) is 13.9. The standard InChI is InChI=1S/C9H9Cl2NO5S/c10-5-4-8(18(12,15)16)6(11)3-7(5)17-2-1-9(13)14/h3-4H,1-2H2,(H,13,14)(H2,12,15,16). The van der Waals surface area contributed by atoms with Crippen molar-refractivity contribution in [1.29, 1.82) is 0 Å². The summed E-state index contributed by atoms with van der Waals surface area (Å²) in [6.45, 7) is -0.111. The van der Waals surface area contributed by atoms with Crippen LogP contribution in [0.5, 0.6) is 5.75 Å². The van der Waals surface area contributed by atoms with Crippen LogP contribution < -0.4 is 9.88 Å². The lowest BCUT2D eigenvalue weighted by atomic mass is 10.3. The van der Waals surface area contributed by atoms with Crippen LogP contribution in [-0.2, 0) is 14.8 Å². The van der Waals surface area contributed by atoms with Gasteiger partial charge in [-0.05, 0) is 6.07 Å². The number of nitrogens with two attached hydrogens (primary N) is 1. The Bertz CT molecular complexity index is 573. The second-order valence-electron chi connectivity index (χ2n) is 3.25. The Labute approximate surface area is 113 Å². The van der Waals surface area contributed by atoms with Crippen molar-refractivity contribution < 1.29 is 23.1 Å². The quantitative estimate of drug-likeness (QED) is 0.856. The number of ether oxygens (including phenoxy) is 1. The van der Waals surface area contributed by atoms with Gasteiger partial charge in [0.05, 0.1) is 23.1 Å². The molecular formula is C9H9Cl2NO5S. The van der Waals surface area contributed by atoms with Crippen LogP contribution in [0.25, 0.3) is 0 Å². The molecule has 0 aliphatic rings. The van der Waals surface area contributed by atoms with Gasteiger partial charge in [0.15, 0.2) is 0 Å². The first-order chi connectivity index (χ1) is 8.21. The van der Waals surface area contributed by atoms with E-state index in [1.807, 2.05) is 0 Å². The third kappa shape index (κ3) is 4.02. The van der Waals surface area contributed by atoms with Crippen molar-refractivity contribution in [3.05, 3.63) is 22.2 Å². The Balaban J connectivity index is 2.97. The molecule has 18 heavy (non-hydrogen) atoms. The molecule has 0 atom stereocenters. The van der Waals surface area contributed by atoms with Gasteiger partial charge in [-0.25, -0.2) is 13.6 Å². The van der Waals surface area contributed by atoms with Gasteiger partial charge in [-0.15, -0.1) is 0 Å². The van der Waals surface area contributed by atoms with Crippen LogP contribution >= 0.6 is 23.2 Å². The minimum Gasteiger partial charge on any atom is -0.491 e. The Kier molecular flexibility index (Phi) is 4.80. The molecule has 0 saturated heterocycles. The summed E-state index contributed by atoms with van der Waals surface area (Å²) in [6, 6.07) is 2.22. The van der Waals surface area contributed by atoms with E-state index >= 15 is 0 Å². The van der Waals surface area contributed by atoms with Gasteiger partial charge in [-0.2, -0.15) is 0 Å². The summed E-state index contributed by atoms with van der Waals surface area (Å²) in [7, 11) is -3.97. The molecule has 1 aromatic rings. The number of aliphatic carboxylic acids is 1. The number of hydrogen-bond acceptors (Lipinski definition) is 4. The molecule has 0 aliphatic carbocycles. The van der Waals surface area contributed by atoms with Gasteiger partial charge in [0.25, 0.3) is 0 Å². The average molecular weight is 314 g/mol. The molecule has 0 amide bonds. The first-order valence-electron chi connectivity index (χ1n) is 4.58. The van der Waals surface area contributed by atoms with Crippen LogP contribution in [0.1, 0.15) is 6.42 Å². The van der Waals surface area contributed by atoms with Crippen LogP contribution in [0.2, 0.25) is 10.0 Å². The number of rotatable bonds is 5. The third-order valence-electron chi connectivity index (χ3n) is 1.87. The fourth-order valence-electron chi connectivity index (χ4n) is 1.09. The van der Waals surface area contributed by atoms with Gasteiger partial charge in [0.2, 0.25) is 10.0 Å². The maximum absolute atomic E-state index is 11.1. The number of hydrogen-bond donors (Lipinski definition) is 2. The van der Waals surface area contributed by atoms with E-state index in [0.717, 1.165) is 6.07 Å². The predicted octanol–water partition coefficient (Wildman–Crippen LogP) is 1.49. The van der Waals surface area contributed by atoms with E-state index in [1.165, 1.54) is 6.07 Å². The highest BCUT2D eigenvalue weighted by atomic mass is 35.5. The minimum atomic E-state index is -3.97. The van der Waals surface area contributed by atoms with Gasteiger partial charge in [-0.1, -0.05) is 23.2 Å². The smallest absolute Gasteiger partial charge is 0.306 e. The highest BCUT2D eigenvalue weighted by molar-refractivity contribution is 7.89. The molecule has 0 heterocycles. The SMILES string of the molecule is NS(=O)(=O)c1cc(Cl)c(OCCC(=O)O)cc1Cl. The van der Waals surface area contributed by atoms with Gasteiger partial charge < -0.3 is 9.84 Å². The summed E-state index contributed by atoms with van der Waals surface area (Å²) in [5.74, 6) is -0.936. The lowest BCUT2D eigenvalue weighted by molar-refractivity contribution is -0.137. The number of primary sulfonamides is 1. The molecule has 0 bridgehead atoms. The molecule has 0 aromatic heterocycles. The van der Waals surface area contributed by atoms with Crippen molar-refractivity contribution in [3.8, 4) is 5.75 Å². The monoisotopic (exact) mass is 313 g/mol. The van der Waals surface area contributed by atoms with Crippen molar-refractivity contribution in [2.45, 2.75) is 11.3 Å². The number of carbonyl (C=O) groups is 1. The van der Waals surface area contributed by atoms with Crippen LogP contribution in [0, 0.1) is 0 Å². The first kappa shape index (κ1) is 15.0. The predicted molar refractivity (Wildman–Crippen MR) is 65.6 cm³/mol. The average Bonchev–Trinajstić information content (AvgIpc) is 2.20. The Hall–Kier alpha value is -1.02. The van der Waals surface area contributed by atoms with Crippen LogP contribution in [0.4, 0.5) is 0 Å². The second-order valence-corrected chi connectivity index (χ2v) is 5.59. The lowest BCUT2D eigenvalue weighted by Crippen LogP contribution is -2.13. The lowest BCUT2D eigenvalue weighted by Gasteiger charge is -2.09. The fourth-order valence-corrected chi connectivity index (χ4v) is 2.46. The summed E-state index contributed by atoms with van der Waals surface area (Å²) in [5, 5.41) is 13.2. The maximum Gasteiger partial charge on any atom is 0.306 e. The van der Waals surface area contributed by atoms with Crippen LogP contribution in [0.15, 0.2) is 17.0 Å². The van der Waals surface area contributed by atoms with Crippen molar-refractivity contribution in [2.24, 2.45) is 5.14 Å². The molecule has 0 saturated carbocycles. The van der Waals surface area contributed by atoms with Gasteiger partial charge in [-0.3, -0.25) is 4.79 Å². The van der Waals surface area contributed by atoms with E-state index in [2.05, 4.69) is 0 Å². The topological polar surface area (TPSA) is 107 Å². The first-order valence-corrected chi connectivity index (χ1v) is 6.88. The highest BCUT2D eigenvalue weighted by Crippen LogP contribution is 2.33. The largest absolute Gasteiger partial charge is 0.491 e. The molecule has 1 rings (SSSR count). The van der Waals surface area contributed by atoms with E-state index in [4.69, 9.17) is 38.2 Å². The summed E-state index contributed by atoms with van der Waals surface area (Å²) in [4.78, 5) is 9.97. The van der Waals surface area contributed by atoms with Crippen molar-refractivity contribution in [1.82, 2.24) is 0 Å². The molecule has 1 aromatic carbocycles. The summed E-state index contributed by atoms with van der Waals surface area (Å²) < 4.78 is 27.3. The molecule has 0 unspecified atom stereocenters. The molecule has 0 aliphatic heterocycles. The van der Waals surface area contributed by atoms with Crippen LogP contribution in [-0.4, -0.2) is 26.1 Å². The third-order valence-corrected chi connectivity index (χ3v) is 3.54. The van der Waals surface area contributed by atoms with Crippen molar-refractivity contribution in [3.63, 3.8) is 0 Å². The van der Waals surface area contributed by atoms with Crippen molar-refractivity contribution in [2.75, 3.05) is 6.61 Å². The van der Waals surface area contributed by atoms with Gasteiger partial charge in [0.1, 0.15) is 10.6 Å². The zero-order valence-corrected chi connectivity index (χ0v) is 11.2. The summed E-state index contributed by atoms with van der Waals surface area (Å²) >= 11 is 11.5. The summed E-state index contributed by atoms with van der Waals surface area (Å²) in [5.41, 5.74) is 0. The van der Waals surface area contributed by atoms with E-state index < -0.39 is 16.0 Å². The molecular weight excluding hydrogens is 305 g/mol. The normalized spacial score (nSPS) is 11.3. The second kappa shape index (κ2) is 5.75. The number of carboxylic acids is 1. The van der Waals surface area contributed by atoms with Gasteiger partial charge in [0, 0.05) is 6.07 Å². The minimum absolute atomic E-state index is 0.0196. The van der Waals surface area contributed by atoms with E-state index in [1.54, 1.807) is 0 Å². The number of halogens is 2. The van der Waals surface area contributed by atoms with Crippen LogP contribution in [0.3, 0.4) is 0 Å². The molecule has 0 radical (unpaired) electrons. The molecule has 3 N–H and O–H groups in total. The van der Waals surface area contributed by atoms with E-state index in [-0.39, 0.29) is 33.7 Å². The molecule has 9 heteroatoms. The Morgan fingerprint density at radius 1 is 1.33 bits per heavy atom. The number of benzene rings is 1. The molecule has 0 fully saturated rings. The molecule has 6 nitrogen and oxygen atoms in total. The highest BCUT2D eigenvalue weighted by Gasteiger charge is 2.16. The molecule has 0 spiro atoms. The van der Waals surface area contributed by atoms with E-state index in [0.29, 0.717) is 0 Å². The van der Waals surface area contributed by atoms with Gasteiger partial charge >= 0.3 is 5.97 Å². The Morgan fingerprint density at radius 3 is 2.44 bits per heavy atom. The molecule has 100 valence electrons. The number of sulfonamides is 1. The zero-order valence-electron chi connectivity index (χ0n) is 8.89. The number of carboxylic acid groups (broad SMARTS) is 1. The maximum atomic E-state index is 11.1. The fraction of sp³-hybridized carbons (Fsp3) is 0.222. The summed E-state index contributed by atoms with van der Waals surface area (Å²) in [6.07, 6.45) is -0.217. The van der Waals surface area contributed by atoms with E-state index in [9.17, 15) is 13.2 Å². The van der Waals surface area contributed by atoms with Crippen molar-refractivity contribution >= 4 is 39.2 Å². The Morgan fingerprint density at radius 2 is 1.94 bits per heavy atom.